The van der Waals surface area contributed by atoms with E-state index in [1.54, 1.807) is 0 Å². The number of benzene rings is 1. The lowest BCUT2D eigenvalue weighted by atomic mass is 10.1. The maximum Gasteiger partial charge on any atom is 0.239 e. The fraction of sp³-hybridized carbons (Fsp3) is 0.462. The zero-order valence-electron chi connectivity index (χ0n) is 9.92. The number of nitrogens with one attached hydrogen (secondary N) is 2. The van der Waals surface area contributed by atoms with Crippen LogP contribution in [0.1, 0.15) is 25.3 Å². The van der Waals surface area contributed by atoms with Gasteiger partial charge in [0.05, 0.1) is 6.54 Å². The molecule has 3 nitrogen and oxygen atoms in total. The van der Waals surface area contributed by atoms with Gasteiger partial charge in [-0.1, -0.05) is 22.9 Å². The molecule has 0 heterocycles. The molecule has 17 heavy (non-hydrogen) atoms. The Bertz CT molecular complexity index is 416. The van der Waals surface area contributed by atoms with E-state index in [1.807, 2.05) is 12.1 Å². The molecule has 92 valence electrons. The molecule has 0 radical (unpaired) electrons. The molecule has 0 spiro atoms. The molecule has 1 fully saturated rings. The van der Waals surface area contributed by atoms with Gasteiger partial charge in [0.25, 0.3) is 0 Å². The number of halogens is 1. The molecule has 0 atom stereocenters. The van der Waals surface area contributed by atoms with Crippen LogP contribution in [-0.2, 0) is 11.2 Å². The number of hydrogen-bond donors (Lipinski definition) is 2. The number of carbonyl (C=O) groups is 1. The second-order valence-electron chi connectivity index (χ2n) is 4.35. The standard InChI is InChI=1S/C13H17BrN2O/c1-2-9-7-10(14)3-6-12(9)15-8-13(17)16-11-4-5-11/h3,6-7,11,15H,2,4-5,8H2,1H3,(H,16,17). The number of rotatable bonds is 5. The van der Waals surface area contributed by atoms with Crippen molar-refractivity contribution in [2.45, 2.75) is 32.2 Å². The average Bonchev–Trinajstić information content (AvgIpc) is 3.11. The predicted molar refractivity (Wildman–Crippen MR) is 73.2 cm³/mol. The van der Waals surface area contributed by atoms with E-state index in [2.05, 4.69) is 39.6 Å². The highest BCUT2D eigenvalue weighted by atomic mass is 79.9. The van der Waals surface area contributed by atoms with Crippen LogP contribution in [0.3, 0.4) is 0 Å². The van der Waals surface area contributed by atoms with Crippen LogP contribution in [0.4, 0.5) is 5.69 Å². The average molecular weight is 297 g/mol. The first-order valence-electron chi connectivity index (χ1n) is 6.00. The molecule has 1 aromatic rings. The Kier molecular flexibility index (Phi) is 4.05. The van der Waals surface area contributed by atoms with Crippen LogP contribution in [0, 0.1) is 0 Å². The molecular formula is C13H17BrN2O. The normalized spacial score (nSPS) is 14.5. The van der Waals surface area contributed by atoms with E-state index in [1.165, 1.54) is 5.56 Å². The SMILES string of the molecule is CCc1cc(Br)ccc1NCC(=O)NC1CC1. The molecule has 0 aliphatic heterocycles. The van der Waals surface area contributed by atoms with E-state index in [9.17, 15) is 4.79 Å². The minimum atomic E-state index is 0.0810. The minimum absolute atomic E-state index is 0.0810. The van der Waals surface area contributed by atoms with Crippen molar-refractivity contribution in [1.82, 2.24) is 5.32 Å². The first-order chi connectivity index (χ1) is 8.19. The van der Waals surface area contributed by atoms with E-state index < -0.39 is 0 Å². The van der Waals surface area contributed by atoms with E-state index in [0.29, 0.717) is 12.6 Å². The molecule has 1 aliphatic carbocycles. The molecule has 0 bridgehead atoms. The van der Waals surface area contributed by atoms with Crippen molar-refractivity contribution in [3.05, 3.63) is 28.2 Å². The molecular weight excluding hydrogens is 280 g/mol. The van der Waals surface area contributed by atoms with E-state index in [-0.39, 0.29) is 5.91 Å². The Morgan fingerprint density at radius 1 is 1.47 bits per heavy atom. The first kappa shape index (κ1) is 12.4. The zero-order valence-corrected chi connectivity index (χ0v) is 11.5. The maximum absolute atomic E-state index is 11.6. The molecule has 1 aromatic carbocycles. The molecule has 2 rings (SSSR count). The third-order valence-corrected chi connectivity index (χ3v) is 3.32. The number of hydrogen-bond acceptors (Lipinski definition) is 2. The summed E-state index contributed by atoms with van der Waals surface area (Å²) in [6.45, 7) is 2.46. The lowest BCUT2D eigenvalue weighted by Gasteiger charge is -2.11. The molecule has 1 aliphatic rings. The van der Waals surface area contributed by atoms with Crippen LogP contribution < -0.4 is 10.6 Å². The van der Waals surface area contributed by atoms with E-state index in [0.717, 1.165) is 29.4 Å². The largest absolute Gasteiger partial charge is 0.376 e. The molecule has 1 amide bonds. The van der Waals surface area contributed by atoms with Crippen molar-refractivity contribution in [3.8, 4) is 0 Å². The van der Waals surface area contributed by atoms with Crippen molar-refractivity contribution in [3.63, 3.8) is 0 Å². The highest BCUT2D eigenvalue weighted by Crippen LogP contribution is 2.21. The van der Waals surface area contributed by atoms with Gasteiger partial charge in [0.15, 0.2) is 0 Å². The Hall–Kier alpha value is -1.03. The lowest BCUT2D eigenvalue weighted by molar-refractivity contribution is -0.119. The fourth-order valence-electron chi connectivity index (χ4n) is 1.71. The molecule has 0 aromatic heterocycles. The van der Waals surface area contributed by atoms with Crippen LogP contribution in [0.5, 0.6) is 0 Å². The quantitative estimate of drug-likeness (QED) is 0.877. The molecule has 4 heteroatoms. The second-order valence-corrected chi connectivity index (χ2v) is 5.27. The number of carbonyl (C=O) groups excluding carboxylic acids is 1. The topological polar surface area (TPSA) is 41.1 Å². The van der Waals surface area contributed by atoms with E-state index >= 15 is 0 Å². The summed E-state index contributed by atoms with van der Waals surface area (Å²) in [5.41, 5.74) is 2.26. The van der Waals surface area contributed by atoms with Crippen molar-refractivity contribution in [1.29, 1.82) is 0 Å². The van der Waals surface area contributed by atoms with Crippen LogP contribution in [0.25, 0.3) is 0 Å². The smallest absolute Gasteiger partial charge is 0.239 e. The van der Waals surface area contributed by atoms with Gasteiger partial charge in [-0.3, -0.25) is 4.79 Å². The van der Waals surface area contributed by atoms with Crippen molar-refractivity contribution < 1.29 is 4.79 Å². The summed E-state index contributed by atoms with van der Waals surface area (Å²) in [7, 11) is 0. The van der Waals surface area contributed by atoms with Crippen LogP contribution in [0.15, 0.2) is 22.7 Å². The van der Waals surface area contributed by atoms with Gasteiger partial charge in [-0.05, 0) is 43.0 Å². The summed E-state index contributed by atoms with van der Waals surface area (Å²) >= 11 is 3.45. The monoisotopic (exact) mass is 296 g/mol. The van der Waals surface area contributed by atoms with Crippen molar-refractivity contribution >= 4 is 27.5 Å². The highest BCUT2D eigenvalue weighted by Gasteiger charge is 2.22. The Labute approximate surface area is 110 Å². The summed E-state index contributed by atoms with van der Waals surface area (Å²) in [5, 5.41) is 6.15. The van der Waals surface area contributed by atoms with Gasteiger partial charge in [0.1, 0.15) is 0 Å². The molecule has 0 unspecified atom stereocenters. The highest BCUT2D eigenvalue weighted by molar-refractivity contribution is 9.10. The second kappa shape index (κ2) is 5.54. The summed E-state index contributed by atoms with van der Waals surface area (Å²) in [6.07, 6.45) is 3.21. The molecule has 0 saturated heterocycles. The fourth-order valence-corrected chi connectivity index (χ4v) is 2.12. The predicted octanol–water partition coefficient (Wildman–Crippen LogP) is 2.70. The van der Waals surface area contributed by atoms with Gasteiger partial charge in [-0.15, -0.1) is 0 Å². The van der Waals surface area contributed by atoms with Gasteiger partial charge < -0.3 is 10.6 Å². The van der Waals surface area contributed by atoms with Crippen molar-refractivity contribution in [2.75, 3.05) is 11.9 Å². The minimum Gasteiger partial charge on any atom is -0.376 e. The van der Waals surface area contributed by atoms with Gasteiger partial charge in [-0.25, -0.2) is 0 Å². The number of anilines is 1. The van der Waals surface area contributed by atoms with Crippen LogP contribution in [0.2, 0.25) is 0 Å². The molecule has 1 saturated carbocycles. The Balaban J connectivity index is 1.90. The van der Waals surface area contributed by atoms with Gasteiger partial charge in [0, 0.05) is 16.2 Å². The lowest BCUT2D eigenvalue weighted by Crippen LogP contribution is -2.31. The van der Waals surface area contributed by atoms with Gasteiger partial charge in [-0.2, -0.15) is 0 Å². The first-order valence-corrected chi connectivity index (χ1v) is 6.80. The summed E-state index contributed by atoms with van der Waals surface area (Å²) in [4.78, 5) is 11.6. The third kappa shape index (κ3) is 3.73. The van der Waals surface area contributed by atoms with E-state index in [4.69, 9.17) is 0 Å². The summed E-state index contributed by atoms with van der Waals surface area (Å²) < 4.78 is 1.07. The van der Waals surface area contributed by atoms with Gasteiger partial charge in [0.2, 0.25) is 5.91 Å². The number of aryl methyl sites for hydroxylation is 1. The summed E-state index contributed by atoms with van der Waals surface area (Å²) in [6, 6.07) is 6.51. The Morgan fingerprint density at radius 2 is 2.24 bits per heavy atom. The zero-order chi connectivity index (χ0) is 12.3. The maximum atomic E-state index is 11.6. The molecule has 2 N–H and O–H groups in total. The van der Waals surface area contributed by atoms with Crippen LogP contribution in [-0.4, -0.2) is 18.5 Å². The van der Waals surface area contributed by atoms with Crippen LogP contribution >= 0.6 is 15.9 Å². The Morgan fingerprint density at radius 3 is 2.88 bits per heavy atom. The van der Waals surface area contributed by atoms with Crippen molar-refractivity contribution in [2.24, 2.45) is 0 Å². The third-order valence-electron chi connectivity index (χ3n) is 2.83. The van der Waals surface area contributed by atoms with Gasteiger partial charge >= 0.3 is 0 Å². The number of amides is 1. The summed E-state index contributed by atoms with van der Waals surface area (Å²) in [5.74, 6) is 0.0810.